The number of hydrogen-bond donors (Lipinski definition) is 2. The Morgan fingerprint density at radius 3 is 2.78 bits per heavy atom. The van der Waals surface area contributed by atoms with Crippen LogP contribution in [0.1, 0.15) is 19.8 Å². The molecule has 1 aromatic rings. The zero-order valence-electron chi connectivity index (χ0n) is 10.4. The maximum atomic E-state index is 11.0. The third-order valence-electron chi connectivity index (χ3n) is 2.74. The van der Waals surface area contributed by atoms with Crippen LogP contribution in [0.3, 0.4) is 0 Å². The molecule has 1 saturated heterocycles. The Labute approximate surface area is 114 Å². The van der Waals surface area contributed by atoms with Crippen molar-refractivity contribution in [1.29, 1.82) is 0 Å². The van der Waals surface area contributed by atoms with Gasteiger partial charge in [-0.25, -0.2) is 0 Å². The SMILES string of the molecule is CC(=O)Nc1cccc(OC2CCNCC2)c1.Cl. The van der Waals surface area contributed by atoms with Crippen LogP contribution in [0.25, 0.3) is 0 Å². The Hall–Kier alpha value is -1.26. The van der Waals surface area contributed by atoms with Crippen LogP contribution in [-0.2, 0) is 4.79 Å². The number of hydrogen-bond acceptors (Lipinski definition) is 3. The van der Waals surface area contributed by atoms with Crippen molar-refractivity contribution in [2.45, 2.75) is 25.9 Å². The van der Waals surface area contributed by atoms with Gasteiger partial charge in [-0.3, -0.25) is 4.79 Å². The van der Waals surface area contributed by atoms with E-state index in [4.69, 9.17) is 4.74 Å². The van der Waals surface area contributed by atoms with Crippen molar-refractivity contribution in [2.75, 3.05) is 18.4 Å². The molecule has 1 aromatic carbocycles. The molecule has 5 heteroatoms. The van der Waals surface area contributed by atoms with Gasteiger partial charge in [-0.2, -0.15) is 0 Å². The van der Waals surface area contributed by atoms with Crippen molar-refractivity contribution >= 4 is 24.0 Å². The molecular formula is C13H19ClN2O2. The van der Waals surface area contributed by atoms with Crippen molar-refractivity contribution in [2.24, 2.45) is 0 Å². The van der Waals surface area contributed by atoms with Crippen LogP contribution in [0, 0.1) is 0 Å². The van der Waals surface area contributed by atoms with E-state index >= 15 is 0 Å². The van der Waals surface area contributed by atoms with E-state index in [0.717, 1.165) is 37.4 Å². The Kier molecular flexibility index (Phi) is 5.95. The van der Waals surface area contributed by atoms with Crippen molar-refractivity contribution in [3.8, 4) is 5.75 Å². The Morgan fingerprint density at radius 2 is 2.11 bits per heavy atom. The van der Waals surface area contributed by atoms with E-state index in [2.05, 4.69) is 10.6 Å². The number of ether oxygens (including phenoxy) is 1. The van der Waals surface area contributed by atoms with Gasteiger partial charge >= 0.3 is 0 Å². The molecule has 0 unspecified atom stereocenters. The van der Waals surface area contributed by atoms with E-state index < -0.39 is 0 Å². The second kappa shape index (κ2) is 7.24. The Bertz CT molecular complexity index is 392. The number of nitrogens with one attached hydrogen (secondary N) is 2. The molecule has 0 aromatic heterocycles. The molecule has 0 radical (unpaired) electrons. The molecule has 0 spiro atoms. The normalized spacial score (nSPS) is 15.6. The van der Waals surface area contributed by atoms with Crippen LogP contribution in [-0.4, -0.2) is 25.1 Å². The van der Waals surface area contributed by atoms with Crippen molar-refractivity contribution in [1.82, 2.24) is 5.32 Å². The van der Waals surface area contributed by atoms with Crippen LogP contribution in [0.2, 0.25) is 0 Å². The third-order valence-corrected chi connectivity index (χ3v) is 2.74. The highest BCUT2D eigenvalue weighted by atomic mass is 35.5. The van der Waals surface area contributed by atoms with Crippen LogP contribution in [0.4, 0.5) is 5.69 Å². The third kappa shape index (κ3) is 4.55. The lowest BCUT2D eigenvalue weighted by molar-refractivity contribution is -0.114. The highest BCUT2D eigenvalue weighted by Gasteiger charge is 2.14. The smallest absolute Gasteiger partial charge is 0.221 e. The fourth-order valence-corrected chi connectivity index (χ4v) is 1.96. The van der Waals surface area contributed by atoms with E-state index in [1.54, 1.807) is 0 Å². The maximum Gasteiger partial charge on any atom is 0.221 e. The monoisotopic (exact) mass is 270 g/mol. The van der Waals surface area contributed by atoms with Crippen LogP contribution in [0.5, 0.6) is 5.75 Å². The summed E-state index contributed by atoms with van der Waals surface area (Å²) in [6.07, 6.45) is 2.35. The fourth-order valence-electron chi connectivity index (χ4n) is 1.96. The van der Waals surface area contributed by atoms with Gasteiger partial charge in [0.05, 0.1) is 0 Å². The number of rotatable bonds is 3. The summed E-state index contributed by atoms with van der Waals surface area (Å²) in [6.45, 7) is 3.52. The standard InChI is InChI=1S/C13H18N2O2.ClH/c1-10(16)15-11-3-2-4-13(9-11)17-12-5-7-14-8-6-12;/h2-4,9,12,14H,5-8H2,1H3,(H,15,16);1H. The first-order valence-electron chi connectivity index (χ1n) is 5.99. The number of amides is 1. The summed E-state index contributed by atoms with van der Waals surface area (Å²) < 4.78 is 5.89. The molecule has 2 rings (SSSR count). The Balaban J connectivity index is 0.00000162. The summed E-state index contributed by atoms with van der Waals surface area (Å²) in [4.78, 5) is 11.0. The molecule has 18 heavy (non-hydrogen) atoms. The molecule has 1 amide bonds. The predicted octanol–water partition coefficient (Wildman–Crippen LogP) is 2.20. The first-order chi connectivity index (χ1) is 8.24. The molecule has 0 aliphatic carbocycles. The first-order valence-corrected chi connectivity index (χ1v) is 5.99. The summed E-state index contributed by atoms with van der Waals surface area (Å²) >= 11 is 0. The van der Waals surface area contributed by atoms with Gasteiger partial charge in [-0.05, 0) is 38.1 Å². The van der Waals surface area contributed by atoms with Gasteiger partial charge < -0.3 is 15.4 Å². The number of halogens is 1. The number of piperidine rings is 1. The van der Waals surface area contributed by atoms with Gasteiger partial charge in [0.1, 0.15) is 11.9 Å². The molecular weight excluding hydrogens is 252 g/mol. The van der Waals surface area contributed by atoms with Gasteiger partial charge in [0.2, 0.25) is 5.91 Å². The average molecular weight is 271 g/mol. The summed E-state index contributed by atoms with van der Waals surface area (Å²) in [5.74, 6) is 0.757. The lowest BCUT2D eigenvalue weighted by Gasteiger charge is -2.24. The number of carbonyl (C=O) groups is 1. The van der Waals surface area contributed by atoms with Crippen molar-refractivity contribution in [3.05, 3.63) is 24.3 Å². The number of carbonyl (C=O) groups excluding carboxylic acids is 1. The molecule has 100 valence electrons. The molecule has 1 aliphatic rings. The second-order valence-electron chi connectivity index (χ2n) is 4.28. The molecule has 0 bridgehead atoms. The number of anilines is 1. The lowest BCUT2D eigenvalue weighted by Crippen LogP contribution is -2.34. The van der Waals surface area contributed by atoms with Crippen molar-refractivity contribution < 1.29 is 9.53 Å². The summed E-state index contributed by atoms with van der Waals surface area (Å²) in [7, 11) is 0. The molecule has 1 heterocycles. The maximum absolute atomic E-state index is 11.0. The topological polar surface area (TPSA) is 50.4 Å². The molecule has 1 aliphatic heterocycles. The van der Waals surface area contributed by atoms with Gasteiger partial charge in [0, 0.05) is 18.7 Å². The minimum atomic E-state index is -0.0657. The summed E-state index contributed by atoms with van der Waals surface area (Å²) in [5.41, 5.74) is 0.781. The van der Waals surface area contributed by atoms with E-state index in [-0.39, 0.29) is 24.4 Å². The van der Waals surface area contributed by atoms with E-state index in [1.165, 1.54) is 6.92 Å². The van der Waals surface area contributed by atoms with Crippen LogP contribution >= 0.6 is 12.4 Å². The van der Waals surface area contributed by atoms with Gasteiger partial charge in [-0.1, -0.05) is 6.07 Å². The van der Waals surface area contributed by atoms with Crippen molar-refractivity contribution in [3.63, 3.8) is 0 Å². The van der Waals surface area contributed by atoms with E-state index in [1.807, 2.05) is 24.3 Å². The minimum absolute atomic E-state index is 0. The largest absolute Gasteiger partial charge is 0.490 e. The van der Waals surface area contributed by atoms with Gasteiger partial charge in [-0.15, -0.1) is 12.4 Å². The number of benzene rings is 1. The average Bonchev–Trinajstić information content (AvgIpc) is 2.30. The second-order valence-corrected chi connectivity index (χ2v) is 4.28. The molecule has 4 nitrogen and oxygen atoms in total. The molecule has 2 N–H and O–H groups in total. The lowest BCUT2D eigenvalue weighted by atomic mass is 10.1. The zero-order chi connectivity index (χ0) is 12.1. The van der Waals surface area contributed by atoms with Gasteiger partial charge in [0.15, 0.2) is 0 Å². The zero-order valence-corrected chi connectivity index (χ0v) is 11.3. The highest BCUT2D eigenvalue weighted by Crippen LogP contribution is 2.20. The molecule has 1 fully saturated rings. The summed E-state index contributed by atoms with van der Waals surface area (Å²) in [5, 5.41) is 6.05. The fraction of sp³-hybridized carbons (Fsp3) is 0.462. The quantitative estimate of drug-likeness (QED) is 0.885. The molecule has 0 saturated carbocycles. The van der Waals surface area contributed by atoms with Crippen LogP contribution < -0.4 is 15.4 Å². The van der Waals surface area contributed by atoms with Gasteiger partial charge in [0.25, 0.3) is 0 Å². The first kappa shape index (κ1) is 14.8. The predicted molar refractivity (Wildman–Crippen MR) is 74.5 cm³/mol. The molecule has 0 atom stereocenters. The summed E-state index contributed by atoms with van der Waals surface area (Å²) in [6, 6.07) is 7.54. The van der Waals surface area contributed by atoms with E-state index in [9.17, 15) is 4.79 Å². The Morgan fingerprint density at radius 1 is 1.39 bits per heavy atom. The van der Waals surface area contributed by atoms with Crippen LogP contribution in [0.15, 0.2) is 24.3 Å². The minimum Gasteiger partial charge on any atom is -0.490 e. The highest BCUT2D eigenvalue weighted by molar-refractivity contribution is 5.88. The van der Waals surface area contributed by atoms with E-state index in [0.29, 0.717) is 0 Å².